The van der Waals surface area contributed by atoms with E-state index in [9.17, 15) is 4.79 Å². The first-order valence-corrected chi connectivity index (χ1v) is 11.8. The molecule has 1 saturated heterocycles. The number of thioether (sulfide) groups is 1. The lowest BCUT2D eigenvalue weighted by molar-refractivity contribution is -0.129. The summed E-state index contributed by atoms with van der Waals surface area (Å²) in [5.41, 5.74) is 5.91. The molecule has 5 nitrogen and oxygen atoms in total. The molecule has 1 aliphatic rings. The Morgan fingerprint density at radius 3 is 2.03 bits per heavy atom. The monoisotopic (exact) mass is 432 g/mol. The summed E-state index contributed by atoms with van der Waals surface area (Å²) in [5, 5.41) is 9.39. The number of hydrogen-bond donors (Lipinski definition) is 0. The van der Waals surface area contributed by atoms with Crippen LogP contribution in [0, 0.1) is 19.8 Å². The summed E-state index contributed by atoms with van der Waals surface area (Å²) in [6, 6.07) is 16.5. The third-order valence-corrected chi connectivity index (χ3v) is 6.60. The molecule has 0 radical (unpaired) electrons. The summed E-state index contributed by atoms with van der Waals surface area (Å²) < 4.78 is 0. The Bertz CT molecular complexity index is 1040. The normalized spacial score (nSPS) is 14.6. The van der Waals surface area contributed by atoms with Gasteiger partial charge in [0.1, 0.15) is 11.4 Å². The number of rotatable bonds is 5. The van der Waals surface area contributed by atoms with E-state index < -0.39 is 0 Å². The fourth-order valence-electron chi connectivity index (χ4n) is 3.67. The van der Waals surface area contributed by atoms with Gasteiger partial charge in [-0.3, -0.25) is 4.79 Å². The van der Waals surface area contributed by atoms with Crippen LogP contribution in [0.2, 0.25) is 0 Å². The number of aryl methyl sites for hydroxylation is 2. The Labute approximate surface area is 188 Å². The van der Waals surface area contributed by atoms with Crippen LogP contribution >= 0.6 is 11.8 Å². The molecule has 1 fully saturated rings. The van der Waals surface area contributed by atoms with E-state index in [0.717, 1.165) is 48.4 Å². The lowest BCUT2D eigenvalue weighted by atomic mass is 9.99. The van der Waals surface area contributed by atoms with Crippen LogP contribution in [-0.2, 0) is 4.79 Å². The topological polar surface area (TPSA) is 59.0 Å². The van der Waals surface area contributed by atoms with Crippen molar-refractivity contribution in [3.8, 4) is 22.5 Å². The molecule has 0 bridgehead atoms. The maximum Gasteiger partial charge on any atom is 0.233 e. The smallest absolute Gasteiger partial charge is 0.233 e. The average molecular weight is 433 g/mol. The largest absolute Gasteiger partial charge is 0.342 e. The van der Waals surface area contributed by atoms with Crippen LogP contribution in [0.4, 0.5) is 0 Å². The number of carbonyl (C=O) groups excluding carboxylic acids is 1. The SMILES string of the molecule is Cc1ccc(-c2nnc(SCC(=O)N3CCC(C)CC3)nc2-c2ccc(C)cc2)cc1. The Hall–Kier alpha value is -2.73. The maximum absolute atomic E-state index is 12.6. The summed E-state index contributed by atoms with van der Waals surface area (Å²) in [4.78, 5) is 19.4. The summed E-state index contributed by atoms with van der Waals surface area (Å²) in [6.07, 6.45) is 2.16. The number of nitrogens with zero attached hydrogens (tertiary/aromatic N) is 4. The van der Waals surface area contributed by atoms with E-state index in [0.29, 0.717) is 16.8 Å². The van der Waals surface area contributed by atoms with Gasteiger partial charge in [0, 0.05) is 24.2 Å². The molecule has 0 atom stereocenters. The number of piperidine rings is 1. The second kappa shape index (κ2) is 9.60. The zero-order chi connectivity index (χ0) is 21.8. The van der Waals surface area contributed by atoms with Crippen LogP contribution in [0.1, 0.15) is 30.9 Å². The quantitative estimate of drug-likeness (QED) is 0.520. The van der Waals surface area contributed by atoms with Crippen LogP contribution in [0.15, 0.2) is 53.7 Å². The van der Waals surface area contributed by atoms with Crippen molar-refractivity contribution in [2.45, 2.75) is 38.8 Å². The van der Waals surface area contributed by atoms with Gasteiger partial charge in [-0.25, -0.2) is 4.98 Å². The minimum Gasteiger partial charge on any atom is -0.342 e. The van der Waals surface area contributed by atoms with Crippen molar-refractivity contribution < 1.29 is 4.79 Å². The Balaban J connectivity index is 1.58. The number of hydrogen-bond acceptors (Lipinski definition) is 5. The standard InChI is InChI=1S/C25H28N4OS/c1-17-4-8-20(9-5-17)23-24(21-10-6-18(2)7-11-21)27-28-25(26-23)31-16-22(30)29-14-12-19(3)13-15-29/h4-11,19H,12-16H2,1-3H3. The van der Waals surface area contributed by atoms with Gasteiger partial charge in [0.25, 0.3) is 0 Å². The van der Waals surface area contributed by atoms with Gasteiger partial charge in [0.2, 0.25) is 11.1 Å². The predicted molar refractivity (Wildman–Crippen MR) is 126 cm³/mol. The summed E-state index contributed by atoms with van der Waals surface area (Å²) in [7, 11) is 0. The highest BCUT2D eigenvalue weighted by atomic mass is 32.2. The van der Waals surface area contributed by atoms with Crippen molar-refractivity contribution in [1.82, 2.24) is 20.1 Å². The predicted octanol–water partition coefficient (Wildman–Crippen LogP) is 5.17. The van der Waals surface area contributed by atoms with Gasteiger partial charge in [-0.1, -0.05) is 78.3 Å². The molecule has 1 aromatic heterocycles. The van der Waals surface area contributed by atoms with E-state index in [1.807, 2.05) is 17.0 Å². The zero-order valence-electron chi connectivity index (χ0n) is 18.3. The molecule has 0 saturated carbocycles. The zero-order valence-corrected chi connectivity index (χ0v) is 19.2. The van der Waals surface area contributed by atoms with Crippen LogP contribution < -0.4 is 0 Å². The van der Waals surface area contributed by atoms with E-state index in [2.05, 4.69) is 67.4 Å². The third kappa shape index (κ3) is 5.31. The fraction of sp³-hybridized carbons (Fsp3) is 0.360. The van der Waals surface area contributed by atoms with Crippen molar-refractivity contribution in [2.24, 2.45) is 5.92 Å². The van der Waals surface area contributed by atoms with Crippen LogP contribution in [0.3, 0.4) is 0 Å². The molecular weight excluding hydrogens is 404 g/mol. The molecule has 0 N–H and O–H groups in total. The second-order valence-electron chi connectivity index (χ2n) is 8.38. The molecule has 6 heteroatoms. The van der Waals surface area contributed by atoms with Crippen molar-refractivity contribution in [2.75, 3.05) is 18.8 Å². The van der Waals surface area contributed by atoms with Crippen molar-refractivity contribution in [3.63, 3.8) is 0 Å². The van der Waals surface area contributed by atoms with Crippen molar-refractivity contribution >= 4 is 17.7 Å². The highest BCUT2D eigenvalue weighted by molar-refractivity contribution is 7.99. The van der Waals surface area contributed by atoms with E-state index >= 15 is 0 Å². The first kappa shape index (κ1) is 21.5. The van der Waals surface area contributed by atoms with Crippen molar-refractivity contribution in [1.29, 1.82) is 0 Å². The van der Waals surface area contributed by atoms with Gasteiger partial charge < -0.3 is 4.90 Å². The van der Waals surface area contributed by atoms with Gasteiger partial charge in [-0.15, -0.1) is 10.2 Å². The van der Waals surface area contributed by atoms with Gasteiger partial charge in [0.05, 0.1) is 5.75 Å². The van der Waals surface area contributed by atoms with E-state index in [4.69, 9.17) is 4.98 Å². The van der Waals surface area contributed by atoms with Gasteiger partial charge in [-0.2, -0.15) is 0 Å². The Kier molecular flexibility index (Phi) is 6.66. The molecule has 0 unspecified atom stereocenters. The van der Waals surface area contributed by atoms with Gasteiger partial charge in [0.15, 0.2) is 0 Å². The molecule has 1 amide bonds. The van der Waals surface area contributed by atoms with Crippen LogP contribution in [-0.4, -0.2) is 44.8 Å². The van der Waals surface area contributed by atoms with E-state index in [1.165, 1.54) is 22.9 Å². The minimum absolute atomic E-state index is 0.153. The first-order chi connectivity index (χ1) is 15.0. The highest BCUT2D eigenvalue weighted by Crippen LogP contribution is 2.30. The molecule has 2 aromatic carbocycles. The van der Waals surface area contributed by atoms with Gasteiger partial charge in [-0.05, 0) is 32.6 Å². The lowest BCUT2D eigenvalue weighted by Crippen LogP contribution is -2.38. The fourth-order valence-corrected chi connectivity index (χ4v) is 4.36. The maximum atomic E-state index is 12.6. The van der Waals surface area contributed by atoms with E-state index in [-0.39, 0.29) is 5.91 Å². The summed E-state index contributed by atoms with van der Waals surface area (Å²) >= 11 is 1.37. The molecule has 1 aliphatic heterocycles. The molecule has 0 aliphatic carbocycles. The summed E-state index contributed by atoms with van der Waals surface area (Å²) in [5.74, 6) is 1.20. The van der Waals surface area contributed by atoms with Crippen LogP contribution in [0.25, 0.3) is 22.5 Å². The lowest BCUT2D eigenvalue weighted by Gasteiger charge is -2.30. The molecule has 3 aromatic rings. The minimum atomic E-state index is 0.153. The second-order valence-corrected chi connectivity index (χ2v) is 9.32. The number of amides is 1. The van der Waals surface area contributed by atoms with Crippen LogP contribution in [0.5, 0.6) is 0 Å². The third-order valence-electron chi connectivity index (χ3n) is 5.78. The molecule has 4 rings (SSSR count). The van der Waals surface area contributed by atoms with Gasteiger partial charge >= 0.3 is 0 Å². The Morgan fingerprint density at radius 1 is 0.903 bits per heavy atom. The molecule has 0 spiro atoms. The highest BCUT2D eigenvalue weighted by Gasteiger charge is 2.21. The molecule has 2 heterocycles. The Morgan fingerprint density at radius 2 is 1.45 bits per heavy atom. The first-order valence-electron chi connectivity index (χ1n) is 10.8. The number of benzene rings is 2. The molecule has 160 valence electrons. The number of carbonyl (C=O) groups is 1. The summed E-state index contributed by atoms with van der Waals surface area (Å²) in [6.45, 7) is 8.07. The molecular formula is C25H28N4OS. The van der Waals surface area contributed by atoms with Crippen molar-refractivity contribution in [3.05, 3.63) is 59.7 Å². The number of likely N-dealkylation sites (tertiary alicyclic amines) is 1. The van der Waals surface area contributed by atoms with E-state index in [1.54, 1.807) is 0 Å². The average Bonchev–Trinajstić information content (AvgIpc) is 2.79. The molecule has 31 heavy (non-hydrogen) atoms. The number of aromatic nitrogens is 3.